The Balaban J connectivity index is 1.89. The Morgan fingerprint density at radius 3 is 2.48 bits per heavy atom. The lowest BCUT2D eigenvalue weighted by molar-refractivity contribution is -0.133. The molecule has 0 aliphatic carbocycles. The normalized spacial score (nSPS) is 19.0. The average molecular weight is 288 g/mol. The van der Waals surface area contributed by atoms with Gasteiger partial charge in [-0.15, -0.1) is 0 Å². The van der Waals surface area contributed by atoms with E-state index in [0.29, 0.717) is 18.3 Å². The maximum atomic E-state index is 12.5. The molecule has 1 aromatic carbocycles. The molecule has 1 aliphatic heterocycles. The number of carbonyl (C=O) groups excluding carboxylic acids is 1. The average Bonchev–Trinajstić information content (AvgIpc) is 2.55. The number of carbonyl (C=O) groups is 1. The predicted octanol–water partition coefficient (Wildman–Crippen LogP) is 3.23. The van der Waals surface area contributed by atoms with Crippen molar-refractivity contribution in [2.24, 2.45) is 11.8 Å². The molecule has 2 unspecified atom stereocenters. The van der Waals surface area contributed by atoms with Crippen molar-refractivity contribution in [3.63, 3.8) is 0 Å². The molecule has 21 heavy (non-hydrogen) atoms. The van der Waals surface area contributed by atoms with Gasteiger partial charge in [0, 0.05) is 13.5 Å². The van der Waals surface area contributed by atoms with Crippen LogP contribution >= 0.6 is 0 Å². The second kappa shape index (κ2) is 7.60. The van der Waals surface area contributed by atoms with Crippen LogP contribution in [-0.4, -0.2) is 30.9 Å². The summed E-state index contributed by atoms with van der Waals surface area (Å²) >= 11 is 0. The third kappa shape index (κ3) is 4.31. The van der Waals surface area contributed by atoms with E-state index in [4.69, 9.17) is 0 Å². The first-order chi connectivity index (χ1) is 10.1. The molecule has 116 valence electrons. The molecule has 1 aromatic rings. The van der Waals surface area contributed by atoms with Crippen LogP contribution in [0, 0.1) is 11.8 Å². The lowest BCUT2D eigenvalue weighted by atomic mass is 9.84. The van der Waals surface area contributed by atoms with Crippen LogP contribution in [0.15, 0.2) is 30.3 Å². The van der Waals surface area contributed by atoms with Gasteiger partial charge in [-0.2, -0.15) is 0 Å². The molecule has 1 N–H and O–H groups in total. The van der Waals surface area contributed by atoms with Crippen molar-refractivity contribution in [1.82, 2.24) is 10.2 Å². The summed E-state index contributed by atoms with van der Waals surface area (Å²) in [6, 6.07) is 10.4. The molecule has 1 amide bonds. The molecular formula is C18H28N2O. The molecule has 0 spiro atoms. The molecular weight excluding hydrogens is 260 g/mol. The van der Waals surface area contributed by atoms with Crippen LogP contribution in [0.3, 0.4) is 0 Å². The first-order valence-corrected chi connectivity index (χ1v) is 8.11. The first kappa shape index (κ1) is 16.0. The van der Waals surface area contributed by atoms with Gasteiger partial charge in [-0.1, -0.05) is 37.3 Å². The van der Waals surface area contributed by atoms with E-state index in [2.05, 4.69) is 31.3 Å². The zero-order chi connectivity index (χ0) is 15.2. The number of hydrogen-bond donors (Lipinski definition) is 1. The van der Waals surface area contributed by atoms with E-state index < -0.39 is 0 Å². The Bertz CT molecular complexity index is 440. The molecule has 1 heterocycles. The largest absolute Gasteiger partial charge is 0.339 e. The third-order valence-corrected chi connectivity index (χ3v) is 4.94. The van der Waals surface area contributed by atoms with Crippen LogP contribution in [0.4, 0.5) is 0 Å². The Kier molecular flexibility index (Phi) is 5.80. The summed E-state index contributed by atoms with van der Waals surface area (Å²) < 4.78 is 0. The zero-order valence-corrected chi connectivity index (χ0v) is 13.5. The van der Waals surface area contributed by atoms with Crippen molar-refractivity contribution in [3.8, 4) is 0 Å². The van der Waals surface area contributed by atoms with E-state index in [-0.39, 0.29) is 11.9 Å². The monoisotopic (exact) mass is 288 g/mol. The Morgan fingerprint density at radius 2 is 1.86 bits per heavy atom. The van der Waals surface area contributed by atoms with Crippen molar-refractivity contribution in [2.45, 2.75) is 39.2 Å². The fraction of sp³-hybridized carbons (Fsp3) is 0.611. The smallest absolute Gasteiger partial charge is 0.223 e. The summed E-state index contributed by atoms with van der Waals surface area (Å²) in [7, 11) is 1.93. The highest BCUT2D eigenvalue weighted by Gasteiger charge is 2.25. The van der Waals surface area contributed by atoms with Gasteiger partial charge in [0.15, 0.2) is 0 Å². The highest BCUT2D eigenvalue weighted by molar-refractivity contribution is 5.76. The number of amides is 1. The molecule has 0 radical (unpaired) electrons. The molecule has 2 atom stereocenters. The number of nitrogens with one attached hydrogen (secondary N) is 1. The summed E-state index contributed by atoms with van der Waals surface area (Å²) in [6.07, 6.45) is 3.07. The van der Waals surface area contributed by atoms with Gasteiger partial charge in [0.05, 0.1) is 6.04 Å². The molecule has 1 aliphatic rings. The van der Waals surface area contributed by atoms with Gasteiger partial charge >= 0.3 is 0 Å². The molecule has 0 saturated carbocycles. The number of benzene rings is 1. The lowest BCUT2D eigenvalue weighted by Crippen LogP contribution is -2.35. The van der Waals surface area contributed by atoms with E-state index in [1.54, 1.807) is 0 Å². The molecule has 0 aromatic heterocycles. The van der Waals surface area contributed by atoms with Crippen molar-refractivity contribution in [3.05, 3.63) is 35.9 Å². The summed E-state index contributed by atoms with van der Waals surface area (Å²) in [6.45, 7) is 6.52. The van der Waals surface area contributed by atoms with Gasteiger partial charge in [-0.25, -0.2) is 0 Å². The summed E-state index contributed by atoms with van der Waals surface area (Å²) in [5.41, 5.74) is 1.20. The molecule has 2 rings (SSSR count). The van der Waals surface area contributed by atoms with Crippen LogP contribution in [-0.2, 0) is 4.79 Å². The quantitative estimate of drug-likeness (QED) is 0.902. The summed E-state index contributed by atoms with van der Waals surface area (Å²) in [5.74, 6) is 1.43. The SMILES string of the molecule is CC(CC(=O)N(C)C(C)c1ccccc1)C1CCNCC1. The van der Waals surface area contributed by atoms with Crippen molar-refractivity contribution < 1.29 is 4.79 Å². The minimum Gasteiger partial charge on any atom is -0.339 e. The first-order valence-electron chi connectivity index (χ1n) is 8.11. The molecule has 1 saturated heterocycles. The van der Waals surface area contributed by atoms with Crippen LogP contribution < -0.4 is 5.32 Å². The van der Waals surface area contributed by atoms with Gasteiger partial charge < -0.3 is 10.2 Å². The van der Waals surface area contributed by atoms with Crippen molar-refractivity contribution >= 4 is 5.91 Å². The topological polar surface area (TPSA) is 32.3 Å². The Labute approximate surface area is 128 Å². The number of rotatable bonds is 5. The van der Waals surface area contributed by atoms with Crippen LogP contribution in [0.2, 0.25) is 0 Å². The van der Waals surface area contributed by atoms with Gasteiger partial charge in [0.25, 0.3) is 0 Å². The fourth-order valence-electron chi connectivity index (χ4n) is 3.17. The van der Waals surface area contributed by atoms with Crippen LogP contribution in [0.5, 0.6) is 0 Å². The maximum absolute atomic E-state index is 12.5. The zero-order valence-electron chi connectivity index (χ0n) is 13.5. The minimum absolute atomic E-state index is 0.138. The summed E-state index contributed by atoms with van der Waals surface area (Å²) in [4.78, 5) is 14.4. The van der Waals surface area contributed by atoms with Gasteiger partial charge in [-0.05, 0) is 50.3 Å². The Morgan fingerprint density at radius 1 is 1.24 bits per heavy atom. The van der Waals surface area contributed by atoms with E-state index in [0.717, 1.165) is 13.1 Å². The number of hydrogen-bond acceptors (Lipinski definition) is 2. The fourth-order valence-corrected chi connectivity index (χ4v) is 3.17. The van der Waals surface area contributed by atoms with Gasteiger partial charge in [-0.3, -0.25) is 4.79 Å². The second-order valence-electron chi connectivity index (χ2n) is 6.36. The predicted molar refractivity (Wildman–Crippen MR) is 87.0 cm³/mol. The highest BCUT2D eigenvalue weighted by Crippen LogP contribution is 2.26. The van der Waals surface area contributed by atoms with Gasteiger partial charge in [0.2, 0.25) is 5.91 Å². The van der Waals surface area contributed by atoms with Gasteiger partial charge in [0.1, 0.15) is 0 Å². The lowest BCUT2D eigenvalue weighted by Gasteiger charge is -2.31. The molecule has 3 heteroatoms. The minimum atomic E-state index is 0.138. The van der Waals surface area contributed by atoms with E-state index in [1.807, 2.05) is 30.1 Å². The number of piperidine rings is 1. The number of nitrogens with zero attached hydrogens (tertiary/aromatic N) is 1. The molecule has 3 nitrogen and oxygen atoms in total. The second-order valence-corrected chi connectivity index (χ2v) is 6.36. The van der Waals surface area contributed by atoms with E-state index >= 15 is 0 Å². The highest BCUT2D eigenvalue weighted by atomic mass is 16.2. The van der Waals surface area contributed by atoms with Crippen molar-refractivity contribution in [1.29, 1.82) is 0 Å². The third-order valence-electron chi connectivity index (χ3n) is 4.94. The Hall–Kier alpha value is -1.35. The molecule has 0 bridgehead atoms. The van der Waals surface area contributed by atoms with E-state index in [9.17, 15) is 4.79 Å². The maximum Gasteiger partial charge on any atom is 0.223 e. The van der Waals surface area contributed by atoms with Crippen LogP contribution in [0.25, 0.3) is 0 Å². The summed E-state index contributed by atoms with van der Waals surface area (Å²) in [5, 5.41) is 3.39. The van der Waals surface area contributed by atoms with Crippen molar-refractivity contribution in [2.75, 3.05) is 20.1 Å². The standard InChI is InChI=1S/C18H28N2O/c1-14(16-9-11-19-12-10-16)13-18(21)20(3)15(2)17-7-5-4-6-8-17/h4-8,14-16,19H,9-13H2,1-3H3. The molecule has 1 fully saturated rings. The van der Waals surface area contributed by atoms with E-state index in [1.165, 1.54) is 18.4 Å². The van der Waals surface area contributed by atoms with Crippen LogP contribution in [0.1, 0.15) is 44.7 Å².